The molecule has 0 atom stereocenters. The Labute approximate surface area is 299 Å². The van der Waals surface area contributed by atoms with Gasteiger partial charge in [0, 0.05) is 18.6 Å². The molecular formula is C43H83NO4. The van der Waals surface area contributed by atoms with Crippen LogP contribution in [0.1, 0.15) is 233 Å². The van der Waals surface area contributed by atoms with Crippen molar-refractivity contribution in [2.45, 2.75) is 233 Å². The van der Waals surface area contributed by atoms with E-state index in [9.17, 15) is 9.59 Å². The zero-order chi connectivity index (χ0) is 35.3. The minimum Gasteiger partial charge on any atom is -0.466 e. The molecule has 0 aliphatic heterocycles. The molecular weight excluding hydrogens is 594 g/mol. The van der Waals surface area contributed by atoms with E-state index in [2.05, 4.69) is 27.7 Å². The van der Waals surface area contributed by atoms with Gasteiger partial charge in [0.1, 0.15) is 0 Å². The van der Waals surface area contributed by atoms with Gasteiger partial charge in [-0.15, -0.1) is 0 Å². The Kier molecular flexibility index (Phi) is 35.8. The van der Waals surface area contributed by atoms with Crippen molar-refractivity contribution < 1.29 is 19.1 Å². The monoisotopic (exact) mass is 678 g/mol. The lowest BCUT2D eigenvalue weighted by Crippen LogP contribution is -2.10. The molecule has 5 nitrogen and oxygen atoms in total. The smallest absolute Gasteiger partial charge is 0.305 e. The summed E-state index contributed by atoms with van der Waals surface area (Å²) in [5, 5.41) is 8.29. The van der Waals surface area contributed by atoms with Crippen LogP contribution in [0, 0.1) is 17.2 Å². The van der Waals surface area contributed by atoms with Crippen LogP contribution in [0.25, 0.3) is 0 Å². The van der Waals surface area contributed by atoms with Gasteiger partial charge in [-0.05, 0) is 63.2 Å². The predicted octanol–water partition coefficient (Wildman–Crippen LogP) is 13.9. The Balaban J connectivity index is 3.70. The van der Waals surface area contributed by atoms with Crippen molar-refractivity contribution >= 4 is 17.7 Å². The summed E-state index contributed by atoms with van der Waals surface area (Å²) in [6.07, 6.45) is 36.3. The normalized spacial score (nSPS) is 11.5. The highest BCUT2D eigenvalue weighted by atomic mass is 16.5. The van der Waals surface area contributed by atoms with Crippen molar-refractivity contribution in [1.29, 1.82) is 5.41 Å². The third-order valence-corrected chi connectivity index (χ3v) is 10.2. The topological polar surface area (TPSA) is 76.5 Å². The van der Waals surface area contributed by atoms with Gasteiger partial charge in [0.15, 0.2) is 0 Å². The SMILES string of the molecule is CCCCCC(CCCCC)CCOC(=O)CCCCCCCC(=N)CCCCCCCC(=O)OCCC(CCCCC)CCCCC. The van der Waals surface area contributed by atoms with Crippen molar-refractivity contribution in [3.05, 3.63) is 0 Å². The molecule has 0 heterocycles. The summed E-state index contributed by atoms with van der Waals surface area (Å²) in [5.41, 5.74) is 0.882. The maximum Gasteiger partial charge on any atom is 0.305 e. The highest BCUT2D eigenvalue weighted by molar-refractivity contribution is 5.81. The molecule has 0 aromatic heterocycles. The summed E-state index contributed by atoms with van der Waals surface area (Å²) in [7, 11) is 0. The lowest BCUT2D eigenvalue weighted by Gasteiger charge is -2.16. The lowest BCUT2D eigenvalue weighted by molar-refractivity contribution is -0.145. The quantitative estimate of drug-likeness (QED) is 0.0401. The van der Waals surface area contributed by atoms with Gasteiger partial charge in [0.25, 0.3) is 0 Å². The number of rotatable bonds is 38. The van der Waals surface area contributed by atoms with Crippen molar-refractivity contribution in [3.63, 3.8) is 0 Å². The van der Waals surface area contributed by atoms with Crippen LogP contribution in [0.5, 0.6) is 0 Å². The van der Waals surface area contributed by atoms with Gasteiger partial charge in [0.2, 0.25) is 0 Å². The van der Waals surface area contributed by atoms with Crippen molar-refractivity contribution in [1.82, 2.24) is 0 Å². The van der Waals surface area contributed by atoms with E-state index in [0.717, 1.165) is 95.6 Å². The van der Waals surface area contributed by atoms with E-state index in [-0.39, 0.29) is 11.9 Å². The predicted molar refractivity (Wildman–Crippen MR) is 207 cm³/mol. The van der Waals surface area contributed by atoms with Gasteiger partial charge in [0.05, 0.1) is 13.2 Å². The fraction of sp³-hybridized carbons (Fsp3) is 0.930. The number of ether oxygens (including phenoxy) is 2. The van der Waals surface area contributed by atoms with E-state index in [1.165, 1.54) is 103 Å². The summed E-state index contributed by atoms with van der Waals surface area (Å²) in [4.78, 5) is 24.4. The van der Waals surface area contributed by atoms with Crippen molar-refractivity contribution in [2.75, 3.05) is 13.2 Å². The van der Waals surface area contributed by atoms with Crippen LogP contribution in [-0.4, -0.2) is 30.9 Å². The highest BCUT2D eigenvalue weighted by Crippen LogP contribution is 2.22. The molecule has 0 saturated heterocycles. The van der Waals surface area contributed by atoms with Crippen molar-refractivity contribution in [2.24, 2.45) is 11.8 Å². The van der Waals surface area contributed by atoms with E-state index < -0.39 is 0 Å². The average Bonchev–Trinajstić information content (AvgIpc) is 3.07. The lowest BCUT2D eigenvalue weighted by atomic mass is 9.92. The Morgan fingerprint density at radius 3 is 1.00 bits per heavy atom. The van der Waals surface area contributed by atoms with Gasteiger partial charge in [-0.25, -0.2) is 0 Å². The average molecular weight is 678 g/mol. The third kappa shape index (κ3) is 33.1. The molecule has 0 spiro atoms. The first-order valence-corrected chi connectivity index (χ1v) is 21.3. The van der Waals surface area contributed by atoms with E-state index in [1.807, 2.05) is 0 Å². The largest absolute Gasteiger partial charge is 0.466 e. The molecule has 0 unspecified atom stereocenters. The zero-order valence-corrected chi connectivity index (χ0v) is 32.8. The number of carbonyl (C=O) groups is 2. The molecule has 0 amide bonds. The summed E-state index contributed by atoms with van der Waals surface area (Å²) >= 11 is 0. The molecule has 0 saturated carbocycles. The van der Waals surface area contributed by atoms with Crippen LogP contribution in [0.4, 0.5) is 0 Å². The van der Waals surface area contributed by atoms with Crippen molar-refractivity contribution in [3.8, 4) is 0 Å². The molecule has 1 N–H and O–H groups in total. The van der Waals surface area contributed by atoms with Gasteiger partial charge in [-0.1, -0.05) is 169 Å². The van der Waals surface area contributed by atoms with Gasteiger partial charge in [-0.2, -0.15) is 0 Å². The second-order valence-corrected chi connectivity index (χ2v) is 14.9. The first-order chi connectivity index (χ1) is 23.5. The molecule has 0 radical (unpaired) electrons. The molecule has 0 aliphatic carbocycles. The summed E-state index contributed by atoms with van der Waals surface area (Å²) in [5.74, 6) is 1.38. The molecule has 5 heteroatoms. The molecule has 0 rings (SSSR count). The summed E-state index contributed by atoms with van der Waals surface area (Å²) < 4.78 is 11.2. The van der Waals surface area contributed by atoms with E-state index in [1.54, 1.807) is 0 Å². The van der Waals surface area contributed by atoms with E-state index >= 15 is 0 Å². The number of hydrogen-bond donors (Lipinski definition) is 1. The number of nitrogens with one attached hydrogen (secondary N) is 1. The van der Waals surface area contributed by atoms with Crippen LogP contribution < -0.4 is 0 Å². The maximum atomic E-state index is 12.2. The van der Waals surface area contributed by atoms with Gasteiger partial charge < -0.3 is 14.9 Å². The minimum atomic E-state index is -0.0211. The second kappa shape index (κ2) is 36.9. The molecule has 0 aromatic carbocycles. The Hall–Kier alpha value is -1.39. The van der Waals surface area contributed by atoms with E-state index in [4.69, 9.17) is 14.9 Å². The molecule has 0 fully saturated rings. The highest BCUT2D eigenvalue weighted by Gasteiger charge is 2.12. The zero-order valence-electron chi connectivity index (χ0n) is 32.8. The first kappa shape index (κ1) is 46.6. The van der Waals surface area contributed by atoms with Crippen LogP contribution >= 0.6 is 0 Å². The standard InChI is InChI=1S/C43H83NO4/c1-5-9-19-27-39(28-20-10-6-2)35-37-47-42(45)33-25-17-13-15-23-31-41(44)32-24-16-14-18-26-34-43(46)48-38-36-40(29-21-11-7-3)30-22-12-8-4/h39-40,44H,5-38H2,1-4H3. The fourth-order valence-corrected chi connectivity index (χ4v) is 6.82. The Morgan fingerprint density at radius 1 is 0.396 bits per heavy atom. The van der Waals surface area contributed by atoms with Crippen LogP contribution in [0.2, 0.25) is 0 Å². The minimum absolute atomic E-state index is 0.0211. The van der Waals surface area contributed by atoms with Crippen LogP contribution in [-0.2, 0) is 19.1 Å². The molecule has 284 valence electrons. The molecule has 0 bridgehead atoms. The Morgan fingerprint density at radius 2 is 0.688 bits per heavy atom. The molecule has 0 aliphatic rings. The molecule has 48 heavy (non-hydrogen) atoms. The number of hydrogen-bond acceptors (Lipinski definition) is 5. The van der Waals surface area contributed by atoms with Gasteiger partial charge >= 0.3 is 11.9 Å². The third-order valence-electron chi connectivity index (χ3n) is 10.2. The van der Waals surface area contributed by atoms with Gasteiger partial charge in [-0.3, -0.25) is 9.59 Å². The number of carbonyl (C=O) groups excluding carboxylic acids is 2. The maximum absolute atomic E-state index is 12.2. The number of unbranched alkanes of at least 4 members (excludes halogenated alkanes) is 16. The first-order valence-electron chi connectivity index (χ1n) is 21.3. The number of esters is 2. The van der Waals surface area contributed by atoms with Crippen LogP contribution in [0.15, 0.2) is 0 Å². The summed E-state index contributed by atoms with van der Waals surface area (Å²) in [6, 6.07) is 0. The van der Waals surface area contributed by atoms with E-state index in [0.29, 0.717) is 37.9 Å². The fourth-order valence-electron chi connectivity index (χ4n) is 6.82. The molecule has 0 aromatic rings. The summed E-state index contributed by atoms with van der Waals surface area (Å²) in [6.45, 7) is 10.2. The Bertz CT molecular complexity index is 646. The second-order valence-electron chi connectivity index (χ2n) is 14.9. The van der Waals surface area contributed by atoms with Crippen LogP contribution in [0.3, 0.4) is 0 Å².